The predicted octanol–water partition coefficient (Wildman–Crippen LogP) is 4.46. The molecule has 1 heterocycles. The van der Waals surface area contributed by atoms with Crippen molar-refractivity contribution in [2.45, 2.75) is 13.5 Å². The monoisotopic (exact) mass is 283 g/mol. The third-order valence-corrected chi connectivity index (χ3v) is 3.67. The van der Waals surface area contributed by atoms with Crippen LogP contribution in [0.1, 0.15) is 21.5 Å². The van der Waals surface area contributed by atoms with Crippen molar-refractivity contribution in [1.29, 1.82) is 0 Å². The molecule has 0 spiro atoms. The molecule has 2 aromatic carbocycles. The number of aromatic nitrogens is 1. The van der Waals surface area contributed by atoms with E-state index in [0.29, 0.717) is 6.54 Å². The molecule has 0 aliphatic heterocycles. The fourth-order valence-corrected chi connectivity index (χ4v) is 2.71. The largest absolute Gasteiger partial charge is 0.342 e. The SMILES string of the molecule is Cc1ccc2c(c1)c(C=O)cn2Cc1cccc(Cl)c1. The minimum atomic E-state index is 0.702. The van der Waals surface area contributed by atoms with Gasteiger partial charge in [0, 0.05) is 34.2 Å². The minimum absolute atomic E-state index is 0.702. The van der Waals surface area contributed by atoms with Crippen LogP contribution in [0.3, 0.4) is 0 Å². The number of hydrogen-bond acceptors (Lipinski definition) is 1. The van der Waals surface area contributed by atoms with E-state index in [1.165, 1.54) is 0 Å². The number of halogens is 1. The highest BCUT2D eigenvalue weighted by Crippen LogP contribution is 2.23. The van der Waals surface area contributed by atoms with Crippen LogP contribution in [-0.2, 0) is 6.54 Å². The number of nitrogens with zero attached hydrogens (tertiary/aromatic N) is 1. The summed E-state index contributed by atoms with van der Waals surface area (Å²) < 4.78 is 2.09. The van der Waals surface area contributed by atoms with Crippen molar-refractivity contribution in [1.82, 2.24) is 4.57 Å². The molecular weight excluding hydrogens is 270 g/mol. The van der Waals surface area contributed by atoms with E-state index in [2.05, 4.69) is 16.7 Å². The van der Waals surface area contributed by atoms with Crippen LogP contribution in [0.25, 0.3) is 10.9 Å². The maximum atomic E-state index is 11.2. The molecule has 0 aliphatic rings. The molecule has 0 radical (unpaired) electrons. The second-order valence-corrected chi connectivity index (χ2v) is 5.42. The Labute approximate surface area is 122 Å². The lowest BCUT2D eigenvalue weighted by Gasteiger charge is -2.06. The van der Waals surface area contributed by atoms with Crippen molar-refractivity contribution in [3.8, 4) is 0 Å². The molecule has 0 atom stereocenters. The first kappa shape index (κ1) is 12.9. The number of aryl methyl sites for hydroxylation is 1. The van der Waals surface area contributed by atoms with E-state index in [0.717, 1.165) is 38.9 Å². The molecule has 3 heteroatoms. The van der Waals surface area contributed by atoms with E-state index in [1.54, 1.807) is 0 Å². The van der Waals surface area contributed by atoms with Gasteiger partial charge in [0.25, 0.3) is 0 Å². The first-order chi connectivity index (χ1) is 9.67. The van der Waals surface area contributed by atoms with Crippen LogP contribution in [0.5, 0.6) is 0 Å². The van der Waals surface area contributed by atoms with Gasteiger partial charge in [0.1, 0.15) is 0 Å². The number of carbonyl (C=O) groups is 1. The average molecular weight is 284 g/mol. The number of carbonyl (C=O) groups excluding carboxylic acids is 1. The lowest BCUT2D eigenvalue weighted by Crippen LogP contribution is -1.97. The van der Waals surface area contributed by atoms with Crippen molar-refractivity contribution in [3.63, 3.8) is 0 Å². The van der Waals surface area contributed by atoms with Crippen LogP contribution in [0.15, 0.2) is 48.7 Å². The molecule has 2 nitrogen and oxygen atoms in total. The summed E-state index contributed by atoms with van der Waals surface area (Å²) in [7, 11) is 0. The molecule has 0 bridgehead atoms. The smallest absolute Gasteiger partial charge is 0.152 e. The summed E-state index contributed by atoms with van der Waals surface area (Å²) in [6, 6.07) is 13.9. The first-order valence-electron chi connectivity index (χ1n) is 6.46. The Kier molecular flexibility index (Phi) is 3.33. The van der Waals surface area contributed by atoms with Gasteiger partial charge < -0.3 is 4.57 Å². The van der Waals surface area contributed by atoms with Gasteiger partial charge in [-0.1, -0.05) is 35.4 Å². The molecule has 0 saturated heterocycles. The van der Waals surface area contributed by atoms with Crippen molar-refractivity contribution >= 4 is 28.8 Å². The standard InChI is InChI=1S/C17H14ClNO/c1-12-5-6-17-16(7-12)14(11-20)10-19(17)9-13-3-2-4-15(18)8-13/h2-8,10-11H,9H2,1H3. The molecular formula is C17H14ClNO. The molecule has 20 heavy (non-hydrogen) atoms. The van der Waals surface area contributed by atoms with Gasteiger partial charge in [-0.3, -0.25) is 4.79 Å². The van der Waals surface area contributed by atoms with Gasteiger partial charge >= 0.3 is 0 Å². The van der Waals surface area contributed by atoms with Gasteiger partial charge in [-0.2, -0.15) is 0 Å². The van der Waals surface area contributed by atoms with Crippen LogP contribution in [-0.4, -0.2) is 10.9 Å². The van der Waals surface area contributed by atoms with Crippen LogP contribution in [0.4, 0.5) is 0 Å². The van der Waals surface area contributed by atoms with E-state index in [9.17, 15) is 4.79 Å². The Morgan fingerprint density at radius 3 is 2.80 bits per heavy atom. The molecule has 0 amide bonds. The molecule has 100 valence electrons. The topological polar surface area (TPSA) is 22.0 Å². The Hall–Kier alpha value is -2.06. The quantitative estimate of drug-likeness (QED) is 0.650. The van der Waals surface area contributed by atoms with Gasteiger partial charge in [-0.25, -0.2) is 0 Å². The summed E-state index contributed by atoms with van der Waals surface area (Å²) in [6.07, 6.45) is 2.81. The minimum Gasteiger partial charge on any atom is -0.342 e. The van der Waals surface area contributed by atoms with Gasteiger partial charge in [-0.05, 0) is 36.8 Å². The number of benzene rings is 2. The molecule has 3 aromatic rings. The fourth-order valence-electron chi connectivity index (χ4n) is 2.50. The summed E-state index contributed by atoms with van der Waals surface area (Å²) in [5.41, 5.74) is 4.07. The molecule has 0 aliphatic carbocycles. The zero-order valence-corrected chi connectivity index (χ0v) is 11.9. The highest BCUT2D eigenvalue weighted by Gasteiger charge is 2.08. The van der Waals surface area contributed by atoms with Gasteiger partial charge in [-0.15, -0.1) is 0 Å². The lowest BCUT2D eigenvalue weighted by molar-refractivity contribution is 0.112. The summed E-state index contributed by atoms with van der Waals surface area (Å²) in [4.78, 5) is 11.2. The van der Waals surface area contributed by atoms with Crippen LogP contribution >= 0.6 is 11.6 Å². The number of hydrogen-bond donors (Lipinski definition) is 0. The molecule has 1 aromatic heterocycles. The van der Waals surface area contributed by atoms with Crippen molar-refractivity contribution in [2.24, 2.45) is 0 Å². The highest BCUT2D eigenvalue weighted by atomic mass is 35.5. The second kappa shape index (κ2) is 5.14. The molecule has 0 unspecified atom stereocenters. The lowest BCUT2D eigenvalue weighted by atomic mass is 10.1. The number of rotatable bonds is 3. The molecule has 3 rings (SSSR count). The zero-order valence-electron chi connectivity index (χ0n) is 11.1. The Morgan fingerprint density at radius 2 is 2.05 bits per heavy atom. The second-order valence-electron chi connectivity index (χ2n) is 4.98. The summed E-state index contributed by atoms with van der Waals surface area (Å²) in [6.45, 7) is 2.73. The zero-order chi connectivity index (χ0) is 14.1. The molecule has 0 fully saturated rings. The van der Waals surface area contributed by atoms with Gasteiger partial charge in [0.15, 0.2) is 6.29 Å². The van der Waals surface area contributed by atoms with E-state index >= 15 is 0 Å². The normalized spacial score (nSPS) is 10.9. The van der Waals surface area contributed by atoms with Crippen molar-refractivity contribution in [2.75, 3.05) is 0 Å². The molecule has 0 saturated carbocycles. The predicted molar refractivity (Wildman–Crippen MR) is 82.6 cm³/mol. The van der Waals surface area contributed by atoms with Crippen LogP contribution < -0.4 is 0 Å². The Morgan fingerprint density at radius 1 is 1.20 bits per heavy atom. The van der Waals surface area contributed by atoms with E-state index < -0.39 is 0 Å². The number of aldehydes is 1. The van der Waals surface area contributed by atoms with E-state index in [4.69, 9.17) is 11.6 Å². The maximum Gasteiger partial charge on any atom is 0.152 e. The highest BCUT2D eigenvalue weighted by molar-refractivity contribution is 6.30. The summed E-state index contributed by atoms with van der Waals surface area (Å²) >= 11 is 6.02. The van der Waals surface area contributed by atoms with Crippen molar-refractivity contribution < 1.29 is 4.79 Å². The van der Waals surface area contributed by atoms with Gasteiger partial charge in [0.05, 0.1) is 0 Å². The molecule has 0 N–H and O–H groups in total. The average Bonchev–Trinajstić information content (AvgIpc) is 2.76. The Bertz CT molecular complexity index is 789. The third kappa shape index (κ3) is 2.35. The maximum absolute atomic E-state index is 11.2. The van der Waals surface area contributed by atoms with Crippen LogP contribution in [0, 0.1) is 6.92 Å². The summed E-state index contributed by atoms with van der Waals surface area (Å²) in [5, 5.41) is 1.73. The van der Waals surface area contributed by atoms with E-state index in [-0.39, 0.29) is 0 Å². The fraction of sp³-hybridized carbons (Fsp3) is 0.118. The van der Waals surface area contributed by atoms with Crippen LogP contribution in [0.2, 0.25) is 5.02 Å². The first-order valence-corrected chi connectivity index (χ1v) is 6.84. The van der Waals surface area contributed by atoms with E-state index in [1.807, 2.05) is 43.5 Å². The number of fused-ring (bicyclic) bond motifs is 1. The summed E-state index contributed by atoms with van der Waals surface area (Å²) in [5.74, 6) is 0. The third-order valence-electron chi connectivity index (χ3n) is 3.44. The van der Waals surface area contributed by atoms with Gasteiger partial charge in [0.2, 0.25) is 0 Å². The van der Waals surface area contributed by atoms with Crippen molar-refractivity contribution in [3.05, 3.63) is 70.4 Å². The Balaban J connectivity index is 2.10.